The molecule has 4 rings (SSSR count). The third-order valence-electron chi connectivity index (χ3n) is 5.06. The van der Waals surface area contributed by atoms with Crippen LogP contribution >= 0.6 is 0 Å². The van der Waals surface area contributed by atoms with Gasteiger partial charge in [-0.05, 0) is 45.0 Å². The van der Waals surface area contributed by atoms with Crippen LogP contribution in [0.2, 0.25) is 0 Å². The van der Waals surface area contributed by atoms with Crippen molar-refractivity contribution in [1.82, 2.24) is 14.9 Å². The lowest BCUT2D eigenvalue weighted by atomic mass is 9.96. The molecule has 0 bridgehead atoms. The third-order valence-corrected chi connectivity index (χ3v) is 5.06. The Bertz CT molecular complexity index is 607. The number of nitrogens with zero attached hydrogens (tertiary/aromatic N) is 3. The Morgan fingerprint density at radius 1 is 1.04 bits per heavy atom. The van der Waals surface area contributed by atoms with Gasteiger partial charge < -0.3 is 9.88 Å². The van der Waals surface area contributed by atoms with E-state index in [1.165, 1.54) is 36.9 Å². The summed E-state index contributed by atoms with van der Waals surface area (Å²) in [5, 5.41) is 1.25. The van der Waals surface area contributed by atoms with E-state index in [2.05, 4.69) is 38.9 Å². The first kappa shape index (κ1) is 23.4. The minimum absolute atomic E-state index is 0. The first-order valence-corrected chi connectivity index (χ1v) is 9.17. The molecule has 144 valence electrons. The molecule has 4 heteroatoms. The molecule has 1 spiro atoms. The highest BCUT2D eigenvalue weighted by Gasteiger charge is 2.44. The van der Waals surface area contributed by atoms with Crippen LogP contribution in [0, 0.1) is 0 Å². The molecule has 4 nitrogen and oxygen atoms in total. The van der Waals surface area contributed by atoms with Gasteiger partial charge in [0.15, 0.2) is 0 Å². The van der Waals surface area contributed by atoms with E-state index in [-0.39, 0.29) is 14.9 Å². The van der Waals surface area contributed by atoms with Crippen molar-refractivity contribution in [3.05, 3.63) is 24.5 Å². The number of anilines is 1. The highest BCUT2D eigenvalue weighted by molar-refractivity contribution is 5.89. The molecule has 0 saturated carbocycles. The molecule has 2 aromatic rings. The summed E-state index contributed by atoms with van der Waals surface area (Å²) in [5.41, 5.74) is 2.76. The highest BCUT2D eigenvalue weighted by Crippen LogP contribution is 2.39. The molecule has 1 N–H and O–H groups in total. The summed E-state index contributed by atoms with van der Waals surface area (Å²) in [4.78, 5) is 12.7. The Kier molecular flexibility index (Phi) is 9.80. The number of hydrogen-bond donors (Lipinski definition) is 1. The molecular formula is C21H40N4. The van der Waals surface area contributed by atoms with Crippen LogP contribution in [0.1, 0.15) is 61.8 Å². The summed E-state index contributed by atoms with van der Waals surface area (Å²) in [6.07, 6.45) is 7.88. The maximum absolute atomic E-state index is 4.38. The predicted octanol–water partition coefficient (Wildman–Crippen LogP) is 5.56. The summed E-state index contributed by atoms with van der Waals surface area (Å²) in [7, 11) is 2.29. The second-order valence-electron chi connectivity index (χ2n) is 5.99. The standard InChI is InChI=1S/C15H20N4.2C2H6.2CH4/c1-18-9-2-5-15(18)6-10-19(11-15)13-4-8-17-14-12(13)3-7-16-14;2*1-2;;/h3-4,7-8H,2,5-6,9-11H2,1H3,(H,16,17);2*1-2H3;2*1H4. The lowest BCUT2D eigenvalue weighted by Gasteiger charge is -2.32. The van der Waals surface area contributed by atoms with Gasteiger partial charge in [0, 0.05) is 42.1 Å². The summed E-state index contributed by atoms with van der Waals surface area (Å²) in [6.45, 7) is 11.6. The van der Waals surface area contributed by atoms with Gasteiger partial charge in [-0.25, -0.2) is 4.98 Å². The molecule has 4 heterocycles. The lowest BCUT2D eigenvalue weighted by molar-refractivity contribution is 0.198. The summed E-state index contributed by atoms with van der Waals surface area (Å²) >= 11 is 0. The zero-order valence-corrected chi connectivity index (χ0v) is 15.4. The number of hydrogen-bond acceptors (Lipinski definition) is 3. The molecular weight excluding hydrogens is 308 g/mol. The average Bonchev–Trinajstić information content (AvgIpc) is 3.33. The van der Waals surface area contributed by atoms with Gasteiger partial charge >= 0.3 is 0 Å². The van der Waals surface area contributed by atoms with Crippen molar-refractivity contribution in [3.63, 3.8) is 0 Å². The van der Waals surface area contributed by atoms with Crippen LogP contribution in [0.4, 0.5) is 5.69 Å². The number of pyridine rings is 1. The van der Waals surface area contributed by atoms with Crippen LogP contribution in [-0.2, 0) is 0 Å². The van der Waals surface area contributed by atoms with E-state index in [0.29, 0.717) is 5.54 Å². The van der Waals surface area contributed by atoms with Gasteiger partial charge in [-0.1, -0.05) is 42.5 Å². The van der Waals surface area contributed by atoms with Crippen LogP contribution in [0.25, 0.3) is 11.0 Å². The van der Waals surface area contributed by atoms with Gasteiger partial charge in [0.1, 0.15) is 5.65 Å². The van der Waals surface area contributed by atoms with Crippen molar-refractivity contribution >= 4 is 16.7 Å². The number of nitrogens with one attached hydrogen (secondary N) is 1. The summed E-state index contributed by atoms with van der Waals surface area (Å²) in [5.74, 6) is 0. The summed E-state index contributed by atoms with van der Waals surface area (Å²) in [6, 6.07) is 4.30. The van der Waals surface area contributed by atoms with Crippen molar-refractivity contribution in [2.75, 3.05) is 31.6 Å². The van der Waals surface area contributed by atoms with E-state index in [1.807, 2.05) is 40.1 Å². The van der Waals surface area contributed by atoms with Crippen molar-refractivity contribution < 1.29 is 0 Å². The Morgan fingerprint density at radius 3 is 2.40 bits per heavy atom. The molecule has 2 aliphatic rings. The van der Waals surface area contributed by atoms with Gasteiger partial charge in [0.25, 0.3) is 0 Å². The number of likely N-dealkylation sites (N-methyl/N-ethyl adjacent to an activating group) is 1. The van der Waals surface area contributed by atoms with Crippen LogP contribution in [-0.4, -0.2) is 47.1 Å². The molecule has 0 aromatic carbocycles. The second-order valence-corrected chi connectivity index (χ2v) is 5.99. The molecule has 0 amide bonds. The van der Waals surface area contributed by atoms with E-state index in [9.17, 15) is 0 Å². The SMILES string of the molecule is C.C.CC.CC.CN1CCCC12CCN(c1ccnc3[nH]ccc13)C2. The van der Waals surface area contributed by atoms with Crippen LogP contribution in [0.3, 0.4) is 0 Å². The molecule has 1 unspecified atom stereocenters. The normalized spacial score (nSPS) is 21.7. The van der Waals surface area contributed by atoms with Crippen LogP contribution < -0.4 is 4.90 Å². The smallest absolute Gasteiger partial charge is 0.139 e. The van der Waals surface area contributed by atoms with Crippen LogP contribution in [0.5, 0.6) is 0 Å². The number of aromatic nitrogens is 2. The number of H-pyrrole nitrogens is 1. The number of likely N-dealkylation sites (tertiary alicyclic amines) is 1. The number of rotatable bonds is 1. The van der Waals surface area contributed by atoms with E-state index < -0.39 is 0 Å². The lowest BCUT2D eigenvalue weighted by Crippen LogP contribution is -2.43. The minimum atomic E-state index is 0. The maximum Gasteiger partial charge on any atom is 0.139 e. The number of fused-ring (bicyclic) bond motifs is 1. The highest BCUT2D eigenvalue weighted by atomic mass is 15.3. The third kappa shape index (κ3) is 4.35. The fourth-order valence-corrected chi connectivity index (χ4v) is 3.87. The van der Waals surface area contributed by atoms with E-state index in [0.717, 1.165) is 18.7 Å². The monoisotopic (exact) mass is 348 g/mol. The zero-order valence-electron chi connectivity index (χ0n) is 15.4. The van der Waals surface area contributed by atoms with Gasteiger partial charge in [-0.2, -0.15) is 0 Å². The Labute approximate surface area is 155 Å². The van der Waals surface area contributed by atoms with Crippen molar-refractivity contribution in [2.45, 2.75) is 67.3 Å². The fraction of sp³-hybridized carbons (Fsp3) is 0.667. The molecule has 0 radical (unpaired) electrons. The molecule has 2 fully saturated rings. The molecule has 1 atom stereocenters. The Morgan fingerprint density at radius 2 is 1.76 bits per heavy atom. The van der Waals surface area contributed by atoms with E-state index in [1.54, 1.807) is 0 Å². The van der Waals surface area contributed by atoms with Gasteiger partial charge in [0.2, 0.25) is 0 Å². The maximum atomic E-state index is 4.38. The second kappa shape index (κ2) is 10.4. The van der Waals surface area contributed by atoms with Crippen molar-refractivity contribution in [3.8, 4) is 0 Å². The minimum Gasteiger partial charge on any atom is -0.369 e. The zero-order chi connectivity index (χ0) is 16.9. The summed E-state index contributed by atoms with van der Waals surface area (Å²) < 4.78 is 0. The van der Waals surface area contributed by atoms with Crippen LogP contribution in [0.15, 0.2) is 24.5 Å². The van der Waals surface area contributed by atoms with Crippen molar-refractivity contribution in [2.24, 2.45) is 0 Å². The van der Waals surface area contributed by atoms with E-state index in [4.69, 9.17) is 0 Å². The first-order chi connectivity index (χ1) is 11.3. The first-order valence-electron chi connectivity index (χ1n) is 9.17. The predicted molar refractivity (Wildman–Crippen MR) is 114 cm³/mol. The van der Waals surface area contributed by atoms with Crippen molar-refractivity contribution in [1.29, 1.82) is 0 Å². The Hall–Kier alpha value is -1.55. The largest absolute Gasteiger partial charge is 0.369 e. The van der Waals surface area contributed by atoms with Gasteiger partial charge in [0.05, 0.1) is 0 Å². The molecule has 2 saturated heterocycles. The molecule has 2 aromatic heterocycles. The van der Waals surface area contributed by atoms with E-state index >= 15 is 0 Å². The van der Waals surface area contributed by atoms with Gasteiger partial charge in [-0.15, -0.1) is 0 Å². The average molecular weight is 349 g/mol. The molecule has 2 aliphatic heterocycles. The molecule has 25 heavy (non-hydrogen) atoms. The Balaban J connectivity index is 0.000000901. The fourth-order valence-electron chi connectivity index (χ4n) is 3.87. The number of aromatic amines is 1. The van der Waals surface area contributed by atoms with Gasteiger partial charge in [-0.3, -0.25) is 4.90 Å². The quantitative estimate of drug-likeness (QED) is 0.732. The molecule has 0 aliphatic carbocycles. The topological polar surface area (TPSA) is 35.2 Å².